The second kappa shape index (κ2) is 13.3. The minimum atomic E-state index is -0.746. The number of anilines is 1. The molecule has 1 fully saturated rings. The summed E-state index contributed by atoms with van der Waals surface area (Å²) in [7, 11) is 1.58. The SMILES string of the molecule is CN(C(=O)NCc1cccc(F)c1Cl)[C@H](COC(=O)Nc1cc2ccccc2cn1)C[C@@H]1COC(C)(C)O1.S. The summed E-state index contributed by atoms with van der Waals surface area (Å²) in [5.74, 6) is -0.965. The van der Waals surface area contributed by atoms with Crippen molar-refractivity contribution >= 4 is 53.8 Å². The normalized spacial score (nSPS) is 16.7. The molecule has 2 heterocycles. The number of nitrogens with zero attached hydrogens (tertiary/aromatic N) is 2. The van der Waals surface area contributed by atoms with Crippen LogP contribution in [0.2, 0.25) is 5.02 Å². The van der Waals surface area contributed by atoms with Crippen LogP contribution >= 0.6 is 25.1 Å². The van der Waals surface area contributed by atoms with Gasteiger partial charge in [0.2, 0.25) is 0 Å². The highest BCUT2D eigenvalue weighted by molar-refractivity contribution is 7.59. The molecule has 1 saturated heterocycles. The maximum Gasteiger partial charge on any atom is 0.412 e. The molecule has 2 atom stereocenters. The molecule has 39 heavy (non-hydrogen) atoms. The fourth-order valence-electron chi connectivity index (χ4n) is 4.13. The summed E-state index contributed by atoms with van der Waals surface area (Å²) < 4.78 is 30.8. The Morgan fingerprint density at radius 2 is 1.97 bits per heavy atom. The van der Waals surface area contributed by atoms with Crippen molar-refractivity contribution in [1.29, 1.82) is 0 Å². The van der Waals surface area contributed by atoms with Crippen molar-refractivity contribution in [2.75, 3.05) is 25.6 Å². The highest BCUT2D eigenvalue weighted by Gasteiger charge is 2.36. The summed E-state index contributed by atoms with van der Waals surface area (Å²) in [6.45, 7) is 3.87. The summed E-state index contributed by atoms with van der Waals surface area (Å²) in [5, 5.41) is 7.17. The second-order valence-corrected chi connectivity index (χ2v) is 9.84. The van der Waals surface area contributed by atoms with E-state index < -0.39 is 29.8 Å². The Labute approximate surface area is 238 Å². The molecule has 0 unspecified atom stereocenters. The molecule has 1 aromatic heterocycles. The van der Waals surface area contributed by atoms with E-state index in [1.807, 2.05) is 38.1 Å². The van der Waals surface area contributed by atoms with Gasteiger partial charge in [0.05, 0.1) is 23.8 Å². The lowest BCUT2D eigenvalue weighted by molar-refractivity contribution is -0.140. The van der Waals surface area contributed by atoms with Gasteiger partial charge in [-0.05, 0) is 43.4 Å². The van der Waals surface area contributed by atoms with Crippen molar-refractivity contribution in [2.24, 2.45) is 0 Å². The highest BCUT2D eigenvalue weighted by atomic mass is 35.5. The first-order valence-electron chi connectivity index (χ1n) is 12.1. The number of amides is 3. The van der Waals surface area contributed by atoms with Crippen LogP contribution in [0.4, 0.5) is 19.8 Å². The van der Waals surface area contributed by atoms with Crippen molar-refractivity contribution in [3.05, 3.63) is 71.1 Å². The Bertz CT molecular complexity index is 1310. The molecule has 1 aliphatic heterocycles. The van der Waals surface area contributed by atoms with E-state index in [0.29, 0.717) is 24.4 Å². The van der Waals surface area contributed by atoms with Gasteiger partial charge in [-0.2, -0.15) is 13.5 Å². The predicted molar refractivity (Wildman–Crippen MR) is 152 cm³/mol. The van der Waals surface area contributed by atoms with E-state index in [4.69, 9.17) is 25.8 Å². The lowest BCUT2D eigenvalue weighted by Gasteiger charge is -2.30. The van der Waals surface area contributed by atoms with Gasteiger partial charge in [-0.15, -0.1) is 0 Å². The fraction of sp³-hybridized carbons (Fsp3) is 0.370. The number of nitrogens with one attached hydrogen (secondary N) is 2. The van der Waals surface area contributed by atoms with Crippen molar-refractivity contribution in [3.63, 3.8) is 0 Å². The minimum absolute atomic E-state index is 0. The van der Waals surface area contributed by atoms with Gasteiger partial charge in [0.25, 0.3) is 0 Å². The quantitative estimate of drug-likeness (QED) is 0.369. The number of carbonyl (C=O) groups excluding carboxylic acids is 2. The van der Waals surface area contributed by atoms with Crippen LogP contribution < -0.4 is 10.6 Å². The smallest absolute Gasteiger partial charge is 0.412 e. The first-order chi connectivity index (χ1) is 18.1. The summed E-state index contributed by atoms with van der Waals surface area (Å²) >= 11 is 6.00. The van der Waals surface area contributed by atoms with Gasteiger partial charge in [-0.3, -0.25) is 5.32 Å². The van der Waals surface area contributed by atoms with Crippen molar-refractivity contribution in [3.8, 4) is 0 Å². The zero-order valence-electron chi connectivity index (χ0n) is 21.9. The van der Waals surface area contributed by atoms with Crippen LogP contribution in [-0.4, -0.2) is 60.2 Å². The van der Waals surface area contributed by atoms with Crippen LogP contribution in [0.3, 0.4) is 0 Å². The van der Waals surface area contributed by atoms with E-state index in [1.54, 1.807) is 25.4 Å². The number of likely N-dealkylation sites (N-methyl/N-ethyl adjacent to an activating group) is 1. The fourth-order valence-corrected chi connectivity index (χ4v) is 4.32. The molecule has 0 radical (unpaired) electrons. The van der Waals surface area contributed by atoms with Crippen LogP contribution in [0.5, 0.6) is 0 Å². The Morgan fingerprint density at radius 1 is 1.23 bits per heavy atom. The molecule has 0 saturated carbocycles. The number of benzene rings is 2. The van der Waals surface area contributed by atoms with Crippen LogP contribution in [-0.2, 0) is 20.8 Å². The molecule has 4 rings (SSSR count). The summed E-state index contributed by atoms with van der Waals surface area (Å²) in [4.78, 5) is 31.2. The third-order valence-electron chi connectivity index (χ3n) is 6.20. The van der Waals surface area contributed by atoms with Gasteiger partial charge in [-0.1, -0.05) is 48.0 Å². The Hall–Kier alpha value is -3.12. The number of carbonyl (C=O) groups is 2. The number of hydrogen-bond acceptors (Lipinski definition) is 6. The lowest BCUT2D eigenvalue weighted by Crippen LogP contribution is -2.47. The highest BCUT2D eigenvalue weighted by Crippen LogP contribution is 2.26. The molecule has 0 bridgehead atoms. The maximum atomic E-state index is 13.7. The average molecular weight is 579 g/mol. The zero-order valence-corrected chi connectivity index (χ0v) is 23.6. The zero-order chi connectivity index (χ0) is 27.3. The number of urea groups is 1. The van der Waals surface area contributed by atoms with Gasteiger partial charge >= 0.3 is 12.1 Å². The van der Waals surface area contributed by atoms with Gasteiger partial charge in [-0.25, -0.2) is 19.0 Å². The number of fused-ring (bicyclic) bond motifs is 1. The van der Waals surface area contributed by atoms with E-state index in [9.17, 15) is 14.0 Å². The molecule has 0 spiro atoms. The van der Waals surface area contributed by atoms with Gasteiger partial charge in [0.1, 0.15) is 18.2 Å². The maximum absolute atomic E-state index is 13.7. The molecular weight excluding hydrogens is 547 g/mol. The summed E-state index contributed by atoms with van der Waals surface area (Å²) in [6.07, 6.45) is 1.00. The summed E-state index contributed by atoms with van der Waals surface area (Å²) in [5.41, 5.74) is 0.442. The first kappa shape index (κ1) is 30.4. The van der Waals surface area contributed by atoms with Crippen LogP contribution in [0.1, 0.15) is 25.8 Å². The topological polar surface area (TPSA) is 102 Å². The Kier molecular flexibility index (Phi) is 10.4. The van der Waals surface area contributed by atoms with Gasteiger partial charge in [0, 0.05) is 25.2 Å². The van der Waals surface area contributed by atoms with Crippen molar-refractivity contribution < 1.29 is 28.2 Å². The number of rotatable bonds is 8. The van der Waals surface area contributed by atoms with E-state index in [-0.39, 0.29) is 37.8 Å². The number of hydrogen-bond donors (Lipinski definition) is 2. The Balaban J connectivity index is 0.00000420. The van der Waals surface area contributed by atoms with Crippen LogP contribution in [0.25, 0.3) is 10.8 Å². The lowest BCUT2D eigenvalue weighted by atomic mass is 10.1. The molecule has 1 aliphatic rings. The number of aromatic nitrogens is 1. The number of pyridine rings is 1. The van der Waals surface area contributed by atoms with Crippen molar-refractivity contribution in [1.82, 2.24) is 15.2 Å². The summed E-state index contributed by atoms with van der Waals surface area (Å²) in [6, 6.07) is 12.8. The predicted octanol–water partition coefficient (Wildman–Crippen LogP) is 5.44. The molecule has 12 heteroatoms. The number of halogens is 2. The molecule has 2 aromatic carbocycles. The van der Waals surface area contributed by atoms with E-state index in [1.165, 1.54) is 17.0 Å². The van der Waals surface area contributed by atoms with Gasteiger partial charge < -0.3 is 24.4 Å². The molecule has 3 amide bonds. The molecule has 210 valence electrons. The molecule has 2 N–H and O–H groups in total. The molecule has 0 aliphatic carbocycles. The van der Waals surface area contributed by atoms with E-state index in [0.717, 1.165) is 10.8 Å². The molecule has 3 aromatic rings. The third kappa shape index (κ3) is 8.18. The standard InChI is InChI=1S/C27H30ClFN4O5.H2S/c1-27(2)37-16-21(38-27)12-20(33(3)25(34)31-14-19-9-6-10-22(29)24(19)28)15-36-26(35)32-23-11-17-7-4-5-8-18(17)13-30-23;/h4-11,13,20-21H,12,14-16H2,1-3H3,(H,31,34)(H,30,32,35);1H2/t20-,21+;/m0./s1. The van der Waals surface area contributed by atoms with E-state index >= 15 is 0 Å². The van der Waals surface area contributed by atoms with E-state index in [2.05, 4.69) is 15.6 Å². The molecular formula is C27H32ClFN4O5S. The monoisotopic (exact) mass is 578 g/mol. The number of ether oxygens (including phenoxy) is 3. The Morgan fingerprint density at radius 3 is 2.69 bits per heavy atom. The van der Waals surface area contributed by atoms with Crippen LogP contribution in [0, 0.1) is 5.82 Å². The average Bonchev–Trinajstić information content (AvgIpc) is 3.24. The minimum Gasteiger partial charge on any atom is -0.447 e. The second-order valence-electron chi connectivity index (χ2n) is 9.46. The van der Waals surface area contributed by atoms with Crippen LogP contribution in [0.15, 0.2) is 54.7 Å². The first-order valence-corrected chi connectivity index (χ1v) is 12.5. The largest absolute Gasteiger partial charge is 0.447 e. The molecule has 9 nitrogen and oxygen atoms in total. The van der Waals surface area contributed by atoms with Gasteiger partial charge in [0.15, 0.2) is 5.79 Å². The van der Waals surface area contributed by atoms with Crippen molar-refractivity contribution in [2.45, 2.75) is 44.7 Å². The third-order valence-corrected chi connectivity index (χ3v) is 6.62.